The molecule has 1 rings (SSSR count). The quantitative estimate of drug-likeness (QED) is 0.792. The van der Waals surface area contributed by atoms with Gasteiger partial charge in [-0.15, -0.1) is 0 Å². The summed E-state index contributed by atoms with van der Waals surface area (Å²) in [5.74, 6) is -0.171. The molecule has 1 N–H and O–H groups in total. The van der Waals surface area contributed by atoms with E-state index in [-0.39, 0.29) is 24.6 Å². The summed E-state index contributed by atoms with van der Waals surface area (Å²) in [5.41, 5.74) is 0.810. The number of ether oxygens (including phenoxy) is 1. The maximum atomic E-state index is 11.2. The van der Waals surface area contributed by atoms with Crippen LogP contribution in [0.3, 0.4) is 0 Å². The van der Waals surface area contributed by atoms with E-state index < -0.39 is 0 Å². The molecule has 0 aliphatic carbocycles. The Morgan fingerprint density at radius 1 is 1.60 bits per heavy atom. The molecule has 0 saturated heterocycles. The van der Waals surface area contributed by atoms with Gasteiger partial charge in [0.05, 0.1) is 0 Å². The van der Waals surface area contributed by atoms with Crippen LogP contribution in [0.1, 0.15) is 19.5 Å². The lowest BCUT2D eigenvalue weighted by Gasteiger charge is -2.08. The molecule has 0 aliphatic rings. The van der Waals surface area contributed by atoms with Crippen molar-refractivity contribution in [2.45, 2.75) is 26.8 Å². The number of amides is 1. The first-order valence-corrected chi connectivity index (χ1v) is 4.79. The molecule has 5 nitrogen and oxygen atoms in total. The molecule has 1 amide bonds. The van der Waals surface area contributed by atoms with E-state index in [1.165, 1.54) is 0 Å². The van der Waals surface area contributed by atoms with Crippen LogP contribution in [0.25, 0.3) is 0 Å². The number of carbonyl (C=O) groups excluding carboxylic acids is 1. The first-order chi connectivity index (χ1) is 7.08. The molecule has 0 aliphatic heterocycles. The monoisotopic (exact) mass is 209 g/mol. The zero-order valence-corrected chi connectivity index (χ0v) is 9.15. The van der Waals surface area contributed by atoms with Crippen molar-refractivity contribution in [2.24, 2.45) is 0 Å². The third-order valence-corrected chi connectivity index (χ3v) is 1.55. The van der Waals surface area contributed by atoms with E-state index in [9.17, 15) is 4.79 Å². The number of nitrogens with one attached hydrogen (secondary N) is 1. The van der Waals surface area contributed by atoms with Gasteiger partial charge in [-0.3, -0.25) is 4.79 Å². The minimum atomic E-state index is -0.171. The van der Waals surface area contributed by atoms with Gasteiger partial charge < -0.3 is 10.1 Å². The summed E-state index contributed by atoms with van der Waals surface area (Å²) in [4.78, 5) is 19.1. The van der Waals surface area contributed by atoms with Crippen molar-refractivity contribution in [3.05, 3.63) is 18.0 Å². The van der Waals surface area contributed by atoms with Crippen LogP contribution in [0.4, 0.5) is 0 Å². The maximum absolute atomic E-state index is 11.2. The number of rotatable bonds is 4. The van der Waals surface area contributed by atoms with Crippen LogP contribution in [0.15, 0.2) is 12.3 Å². The van der Waals surface area contributed by atoms with Gasteiger partial charge in [0.1, 0.15) is 0 Å². The molecule has 0 unspecified atom stereocenters. The van der Waals surface area contributed by atoms with Crippen LogP contribution in [0.2, 0.25) is 0 Å². The molecule has 15 heavy (non-hydrogen) atoms. The standard InChI is InChI=1S/C10H15N3O2/c1-7(2)12-9(14)6-15-10-11-5-4-8(3)13-10/h4-5,7H,6H2,1-3H3,(H,12,14). The van der Waals surface area contributed by atoms with E-state index in [2.05, 4.69) is 15.3 Å². The third kappa shape index (κ3) is 4.39. The summed E-state index contributed by atoms with van der Waals surface area (Å²) in [6.45, 7) is 5.56. The predicted octanol–water partition coefficient (Wildman–Crippen LogP) is 0.688. The molecule has 0 aromatic carbocycles. The fourth-order valence-corrected chi connectivity index (χ4v) is 0.989. The molecule has 0 radical (unpaired) electrons. The second-order valence-electron chi connectivity index (χ2n) is 3.49. The maximum Gasteiger partial charge on any atom is 0.317 e. The van der Waals surface area contributed by atoms with E-state index in [0.29, 0.717) is 0 Å². The van der Waals surface area contributed by atoms with Gasteiger partial charge in [-0.25, -0.2) is 9.97 Å². The predicted molar refractivity (Wildman–Crippen MR) is 55.5 cm³/mol. The molecule has 82 valence electrons. The summed E-state index contributed by atoms with van der Waals surface area (Å²) in [7, 11) is 0. The van der Waals surface area contributed by atoms with Crippen molar-refractivity contribution in [2.75, 3.05) is 6.61 Å². The van der Waals surface area contributed by atoms with E-state index in [0.717, 1.165) is 5.69 Å². The normalized spacial score (nSPS) is 10.1. The molecule has 0 fully saturated rings. The molecule has 0 spiro atoms. The lowest BCUT2D eigenvalue weighted by atomic mass is 10.4. The van der Waals surface area contributed by atoms with Crippen molar-refractivity contribution < 1.29 is 9.53 Å². The molecular formula is C10H15N3O2. The minimum absolute atomic E-state index is 0.0539. The topological polar surface area (TPSA) is 64.1 Å². The molecule has 1 heterocycles. The Labute approximate surface area is 88.9 Å². The van der Waals surface area contributed by atoms with Crippen molar-refractivity contribution in [1.29, 1.82) is 0 Å². The zero-order valence-electron chi connectivity index (χ0n) is 9.15. The van der Waals surface area contributed by atoms with Gasteiger partial charge in [-0.1, -0.05) is 0 Å². The van der Waals surface area contributed by atoms with E-state index in [4.69, 9.17) is 4.74 Å². The second-order valence-corrected chi connectivity index (χ2v) is 3.49. The van der Waals surface area contributed by atoms with Crippen LogP contribution in [-0.2, 0) is 4.79 Å². The molecule has 0 bridgehead atoms. The van der Waals surface area contributed by atoms with Gasteiger partial charge in [0, 0.05) is 17.9 Å². The Bertz CT molecular complexity index is 339. The zero-order chi connectivity index (χ0) is 11.3. The SMILES string of the molecule is Cc1ccnc(OCC(=O)NC(C)C)n1. The van der Waals surface area contributed by atoms with E-state index >= 15 is 0 Å². The Hall–Kier alpha value is -1.65. The first kappa shape index (κ1) is 11.4. The molecule has 0 saturated carbocycles. The Morgan fingerprint density at radius 3 is 2.93 bits per heavy atom. The molecule has 0 atom stereocenters. The number of nitrogens with zero attached hydrogens (tertiary/aromatic N) is 2. The number of aromatic nitrogens is 2. The lowest BCUT2D eigenvalue weighted by Crippen LogP contribution is -2.34. The number of hydrogen-bond donors (Lipinski definition) is 1. The highest BCUT2D eigenvalue weighted by molar-refractivity contribution is 5.77. The summed E-state index contributed by atoms with van der Waals surface area (Å²) in [5, 5.41) is 2.71. The average Bonchev–Trinajstić information content (AvgIpc) is 2.14. The van der Waals surface area contributed by atoms with Crippen LogP contribution < -0.4 is 10.1 Å². The third-order valence-electron chi connectivity index (χ3n) is 1.55. The summed E-state index contributed by atoms with van der Waals surface area (Å²) >= 11 is 0. The highest BCUT2D eigenvalue weighted by Gasteiger charge is 2.05. The van der Waals surface area contributed by atoms with Crippen molar-refractivity contribution in [1.82, 2.24) is 15.3 Å². The Balaban J connectivity index is 2.40. The molecule has 1 aromatic heterocycles. The fourth-order valence-electron chi connectivity index (χ4n) is 0.989. The lowest BCUT2D eigenvalue weighted by molar-refractivity contribution is -0.123. The molecule has 5 heteroatoms. The van der Waals surface area contributed by atoms with Gasteiger partial charge in [-0.2, -0.15) is 0 Å². The van der Waals surface area contributed by atoms with Crippen LogP contribution >= 0.6 is 0 Å². The largest absolute Gasteiger partial charge is 0.453 e. The highest BCUT2D eigenvalue weighted by atomic mass is 16.5. The first-order valence-electron chi connectivity index (χ1n) is 4.79. The van der Waals surface area contributed by atoms with Crippen molar-refractivity contribution >= 4 is 5.91 Å². The summed E-state index contributed by atoms with van der Waals surface area (Å²) in [6.07, 6.45) is 1.60. The summed E-state index contributed by atoms with van der Waals surface area (Å²) in [6, 6.07) is 2.11. The number of aryl methyl sites for hydroxylation is 1. The average molecular weight is 209 g/mol. The van der Waals surface area contributed by atoms with Crippen molar-refractivity contribution in [3.8, 4) is 6.01 Å². The summed E-state index contributed by atoms with van der Waals surface area (Å²) < 4.78 is 5.12. The van der Waals surface area contributed by atoms with Crippen molar-refractivity contribution in [3.63, 3.8) is 0 Å². The van der Waals surface area contributed by atoms with Gasteiger partial charge in [-0.05, 0) is 26.8 Å². The van der Waals surface area contributed by atoms with Crippen LogP contribution in [-0.4, -0.2) is 28.5 Å². The van der Waals surface area contributed by atoms with Crippen LogP contribution in [0.5, 0.6) is 6.01 Å². The highest BCUT2D eigenvalue weighted by Crippen LogP contribution is 2.00. The van der Waals surface area contributed by atoms with Crippen LogP contribution in [0, 0.1) is 6.92 Å². The Morgan fingerprint density at radius 2 is 2.33 bits per heavy atom. The van der Waals surface area contributed by atoms with E-state index in [1.54, 1.807) is 12.3 Å². The second kappa shape index (κ2) is 5.29. The minimum Gasteiger partial charge on any atom is -0.453 e. The van der Waals surface area contributed by atoms with Gasteiger partial charge in [0.25, 0.3) is 5.91 Å². The van der Waals surface area contributed by atoms with Gasteiger partial charge >= 0.3 is 6.01 Å². The number of carbonyl (C=O) groups is 1. The fraction of sp³-hybridized carbons (Fsp3) is 0.500. The van der Waals surface area contributed by atoms with Gasteiger partial charge in [0.15, 0.2) is 6.61 Å². The van der Waals surface area contributed by atoms with E-state index in [1.807, 2.05) is 20.8 Å². The Kier molecular flexibility index (Phi) is 4.03. The van der Waals surface area contributed by atoms with Gasteiger partial charge in [0.2, 0.25) is 0 Å². The molecule has 1 aromatic rings. The smallest absolute Gasteiger partial charge is 0.317 e. The molecular weight excluding hydrogens is 194 g/mol. The number of hydrogen-bond acceptors (Lipinski definition) is 4.